The molecule has 1 aromatic rings. The van der Waals surface area contributed by atoms with Crippen molar-refractivity contribution in [2.45, 2.75) is 0 Å². The second-order valence-corrected chi connectivity index (χ2v) is 5.29. The molecule has 1 aromatic carbocycles. The summed E-state index contributed by atoms with van der Waals surface area (Å²) in [5.74, 6) is 0.120. The number of hydrogen-bond donors (Lipinski definition) is 2. The van der Waals surface area contributed by atoms with Crippen LogP contribution in [-0.2, 0) is 0 Å². The summed E-state index contributed by atoms with van der Waals surface area (Å²) in [6.45, 7) is 1.79. The molecule has 0 aromatic heterocycles. The molecule has 0 fully saturated rings. The van der Waals surface area contributed by atoms with Crippen molar-refractivity contribution < 1.29 is 5.21 Å². The van der Waals surface area contributed by atoms with Gasteiger partial charge in [-0.2, -0.15) is 0 Å². The van der Waals surface area contributed by atoms with Crippen molar-refractivity contribution in [1.82, 2.24) is 4.90 Å². The summed E-state index contributed by atoms with van der Waals surface area (Å²) < 4.78 is 0.962. The number of rotatable bonds is 5. The first kappa shape index (κ1) is 14.8. The second-order valence-electron chi connectivity index (χ2n) is 4.37. The summed E-state index contributed by atoms with van der Waals surface area (Å²) >= 11 is 3.44. The lowest BCUT2D eigenvalue weighted by molar-refractivity contribution is 0.318. The van der Waals surface area contributed by atoms with Gasteiger partial charge in [-0.1, -0.05) is 21.1 Å². The molecule has 0 saturated carbocycles. The maximum absolute atomic E-state index is 8.81. The Morgan fingerprint density at radius 1 is 1.33 bits per heavy atom. The van der Waals surface area contributed by atoms with E-state index < -0.39 is 0 Å². The normalized spacial score (nSPS) is 11.9. The third-order valence-electron chi connectivity index (χ3n) is 2.64. The average Bonchev–Trinajstić information content (AvgIpc) is 2.34. The average molecular weight is 315 g/mol. The fourth-order valence-corrected chi connectivity index (χ4v) is 1.91. The van der Waals surface area contributed by atoms with Crippen LogP contribution in [-0.4, -0.2) is 50.2 Å². The quantitative estimate of drug-likeness (QED) is 0.374. The Morgan fingerprint density at radius 3 is 2.56 bits per heavy atom. The van der Waals surface area contributed by atoms with Crippen LogP contribution in [0.5, 0.6) is 0 Å². The number of nitrogens with zero attached hydrogens (tertiary/aromatic N) is 3. The Labute approximate surface area is 116 Å². The molecule has 3 N–H and O–H groups in total. The molecular weight excluding hydrogens is 296 g/mol. The summed E-state index contributed by atoms with van der Waals surface area (Å²) in [5.41, 5.74) is 7.34. The standard InChI is InChI=1S/C12H19BrN4O/c1-16(2)6-7-17(3)11-8-9(13)4-5-10(11)12(14)15-18/h4-5,8,18H,6-7H2,1-3H3,(H2,14,15). The van der Waals surface area contributed by atoms with Gasteiger partial charge in [-0.3, -0.25) is 0 Å². The van der Waals surface area contributed by atoms with Crippen molar-refractivity contribution in [3.8, 4) is 0 Å². The van der Waals surface area contributed by atoms with Gasteiger partial charge in [-0.05, 0) is 32.3 Å². The van der Waals surface area contributed by atoms with Crippen molar-refractivity contribution in [2.24, 2.45) is 10.9 Å². The van der Waals surface area contributed by atoms with Crippen molar-refractivity contribution in [1.29, 1.82) is 0 Å². The molecule has 0 aliphatic heterocycles. The van der Waals surface area contributed by atoms with Gasteiger partial charge >= 0.3 is 0 Å². The summed E-state index contributed by atoms with van der Waals surface area (Å²) in [4.78, 5) is 4.19. The highest BCUT2D eigenvalue weighted by Gasteiger charge is 2.11. The van der Waals surface area contributed by atoms with E-state index in [-0.39, 0.29) is 5.84 Å². The van der Waals surface area contributed by atoms with Gasteiger partial charge in [0, 0.05) is 35.9 Å². The van der Waals surface area contributed by atoms with E-state index in [2.05, 4.69) is 30.9 Å². The van der Waals surface area contributed by atoms with Crippen LogP contribution in [0.1, 0.15) is 5.56 Å². The van der Waals surface area contributed by atoms with Crippen LogP contribution in [0.3, 0.4) is 0 Å². The summed E-state index contributed by atoms with van der Waals surface area (Å²) in [5, 5.41) is 11.9. The lowest BCUT2D eigenvalue weighted by Gasteiger charge is -2.24. The summed E-state index contributed by atoms with van der Waals surface area (Å²) in [6, 6.07) is 5.67. The van der Waals surface area contributed by atoms with Gasteiger partial charge in [0.25, 0.3) is 0 Å². The zero-order valence-electron chi connectivity index (χ0n) is 10.9. The van der Waals surface area contributed by atoms with E-state index in [0.29, 0.717) is 0 Å². The van der Waals surface area contributed by atoms with E-state index in [9.17, 15) is 0 Å². The number of hydrogen-bond acceptors (Lipinski definition) is 4. The summed E-state index contributed by atoms with van der Waals surface area (Å²) in [6.07, 6.45) is 0. The SMILES string of the molecule is CN(C)CCN(C)c1cc(Br)ccc1/C(N)=N/O. The Morgan fingerprint density at radius 2 is 2.00 bits per heavy atom. The van der Waals surface area contributed by atoms with Crippen molar-refractivity contribution >= 4 is 27.5 Å². The monoisotopic (exact) mass is 314 g/mol. The van der Waals surface area contributed by atoms with Crippen LogP contribution in [0.25, 0.3) is 0 Å². The minimum absolute atomic E-state index is 0.120. The molecule has 0 amide bonds. The van der Waals surface area contributed by atoms with Crippen LogP contribution in [0, 0.1) is 0 Å². The van der Waals surface area contributed by atoms with E-state index in [1.165, 1.54) is 0 Å². The van der Waals surface area contributed by atoms with Crippen molar-refractivity contribution in [2.75, 3.05) is 39.1 Å². The molecule has 18 heavy (non-hydrogen) atoms. The Balaban J connectivity index is 3.01. The lowest BCUT2D eigenvalue weighted by atomic mass is 10.1. The van der Waals surface area contributed by atoms with Crippen LogP contribution in [0.2, 0.25) is 0 Å². The molecule has 0 atom stereocenters. The van der Waals surface area contributed by atoms with Crippen LogP contribution < -0.4 is 10.6 Å². The molecular formula is C12H19BrN4O. The van der Waals surface area contributed by atoms with Gasteiger partial charge < -0.3 is 20.7 Å². The maximum atomic E-state index is 8.81. The number of nitrogens with two attached hydrogens (primary N) is 1. The first-order chi connectivity index (χ1) is 8.45. The maximum Gasteiger partial charge on any atom is 0.172 e. The Hall–Kier alpha value is -1.27. The molecule has 0 bridgehead atoms. The topological polar surface area (TPSA) is 65.1 Å². The number of oxime groups is 1. The minimum atomic E-state index is 0.120. The predicted molar refractivity (Wildman–Crippen MR) is 78.5 cm³/mol. The first-order valence-electron chi connectivity index (χ1n) is 5.59. The number of anilines is 1. The van der Waals surface area contributed by atoms with Gasteiger partial charge in [0.15, 0.2) is 5.84 Å². The molecule has 6 heteroatoms. The van der Waals surface area contributed by atoms with Crippen LogP contribution >= 0.6 is 15.9 Å². The predicted octanol–water partition coefficient (Wildman–Crippen LogP) is 1.54. The van der Waals surface area contributed by atoms with Gasteiger partial charge in [0.1, 0.15) is 0 Å². The zero-order chi connectivity index (χ0) is 13.7. The number of likely N-dealkylation sites (N-methyl/N-ethyl adjacent to an activating group) is 2. The van der Waals surface area contributed by atoms with Crippen molar-refractivity contribution in [3.63, 3.8) is 0 Å². The Bertz CT molecular complexity index is 434. The van der Waals surface area contributed by atoms with Crippen LogP contribution in [0.4, 0.5) is 5.69 Å². The Kier molecular flexibility index (Phi) is 5.43. The second kappa shape index (κ2) is 6.61. The van der Waals surface area contributed by atoms with Crippen LogP contribution in [0.15, 0.2) is 27.8 Å². The van der Waals surface area contributed by atoms with E-state index in [1.54, 1.807) is 0 Å². The van der Waals surface area contributed by atoms with E-state index in [0.717, 1.165) is 28.8 Å². The lowest BCUT2D eigenvalue weighted by Crippen LogP contribution is -2.30. The molecule has 5 nitrogen and oxygen atoms in total. The molecule has 0 aliphatic carbocycles. The highest BCUT2D eigenvalue weighted by atomic mass is 79.9. The number of amidine groups is 1. The zero-order valence-corrected chi connectivity index (χ0v) is 12.5. The number of halogens is 1. The minimum Gasteiger partial charge on any atom is -0.409 e. The molecule has 1 rings (SSSR count). The molecule has 0 unspecified atom stereocenters. The number of benzene rings is 1. The van der Waals surface area contributed by atoms with Gasteiger partial charge in [0.2, 0.25) is 0 Å². The van der Waals surface area contributed by atoms with E-state index in [1.807, 2.05) is 39.3 Å². The molecule has 0 saturated heterocycles. The smallest absolute Gasteiger partial charge is 0.172 e. The molecule has 0 heterocycles. The third-order valence-corrected chi connectivity index (χ3v) is 3.13. The molecule has 100 valence electrons. The van der Waals surface area contributed by atoms with Gasteiger partial charge in [-0.15, -0.1) is 0 Å². The van der Waals surface area contributed by atoms with E-state index >= 15 is 0 Å². The molecule has 0 spiro atoms. The first-order valence-corrected chi connectivity index (χ1v) is 6.38. The van der Waals surface area contributed by atoms with Crippen molar-refractivity contribution in [3.05, 3.63) is 28.2 Å². The fraction of sp³-hybridized carbons (Fsp3) is 0.417. The molecule has 0 aliphatic rings. The van der Waals surface area contributed by atoms with Gasteiger partial charge in [0.05, 0.1) is 0 Å². The highest BCUT2D eigenvalue weighted by Crippen LogP contribution is 2.24. The highest BCUT2D eigenvalue weighted by molar-refractivity contribution is 9.10. The van der Waals surface area contributed by atoms with E-state index in [4.69, 9.17) is 10.9 Å². The third kappa shape index (κ3) is 3.89. The summed E-state index contributed by atoms with van der Waals surface area (Å²) in [7, 11) is 6.04. The fourth-order valence-electron chi connectivity index (χ4n) is 1.56. The molecule has 0 radical (unpaired) electrons. The largest absolute Gasteiger partial charge is 0.409 e. The van der Waals surface area contributed by atoms with Gasteiger partial charge in [-0.25, -0.2) is 0 Å².